The quantitative estimate of drug-likeness (QED) is 0.504. The van der Waals surface area contributed by atoms with Crippen molar-refractivity contribution in [3.8, 4) is 5.75 Å². The Hall–Kier alpha value is -2.86. The van der Waals surface area contributed by atoms with Gasteiger partial charge in [0.1, 0.15) is 11.9 Å². The predicted molar refractivity (Wildman–Crippen MR) is 113 cm³/mol. The second-order valence-corrected chi connectivity index (χ2v) is 7.76. The van der Waals surface area contributed by atoms with Crippen molar-refractivity contribution in [2.45, 2.75) is 63.7 Å². The van der Waals surface area contributed by atoms with Gasteiger partial charge in [0.25, 0.3) is 0 Å². The fourth-order valence-corrected chi connectivity index (χ4v) is 3.73. The van der Waals surface area contributed by atoms with Crippen LogP contribution in [-0.4, -0.2) is 28.1 Å². The van der Waals surface area contributed by atoms with Gasteiger partial charge in [-0.05, 0) is 48.2 Å². The van der Waals surface area contributed by atoms with Crippen LogP contribution in [0.3, 0.4) is 0 Å². The normalized spacial score (nSPS) is 17.9. The monoisotopic (exact) mass is 411 g/mol. The lowest BCUT2D eigenvalue weighted by molar-refractivity contribution is -0.119. The van der Waals surface area contributed by atoms with Gasteiger partial charge in [0.05, 0.1) is 17.7 Å². The molecule has 0 radical (unpaired) electrons. The first-order valence-electron chi connectivity index (χ1n) is 10.5. The van der Waals surface area contributed by atoms with Crippen molar-refractivity contribution in [2.24, 2.45) is 0 Å². The molecule has 3 N–H and O–H groups in total. The van der Waals surface area contributed by atoms with Crippen molar-refractivity contribution in [1.29, 1.82) is 0 Å². The summed E-state index contributed by atoms with van der Waals surface area (Å²) < 4.78 is 6.18. The Labute approximate surface area is 176 Å². The molecule has 2 aromatic carbocycles. The third-order valence-corrected chi connectivity index (χ3v) is 5.49. The van der Waals surface area contributed by atoms with Gasteiger partial charge in [-0.25, -0.2) is 4.79 Å². The highest BCUT2D eigenvalue weighted by Gasteiger charge is 2.31. The summed E-state index contributed by atoms with van der Waals surface area (Å²) in [6.45, 7) is 2.14. The Morgan fingerprint density at radius 2 is 1.77 bits per heavy atom. The zero-order valence-corrected chi connectivity index (χ0v) is 17.2. The molecule has 6 heteroatoms. The molecule has 160 valence electrons. The number of aliphatic hydroxyl groups excluding tert-OH is 1. The molecule has 2 aromatic rings. The van der Waals surface area contributed by atoms with Crippen LogP contribution in [0, 0.1) is 0 Å². The molecule has 0 aromatic heterocycles. The van der Waals surface area contributed by atoms with Gasteiger partial charge in [0.15, 0.2) is 0 Å². The predicted octanol–water partition coefficient (Wildman–Crippen LogP) is 4.40. The van der Waals surface area contributed by atoms with E-state index in [1.807, 2.05) is 24.3 Å². The Morgan fingerprint density at radius 1 is 1.10 bits per heavy atom. The maximum absolute atomic E-state index is 11.8. The number of aromatic carboxylic acids is 1. The molecule has 2 unspecified atom stereocenters. The number of rotatable bonds is 10. The minimum absolute atomic E-state index is 0.00204. The van der Waals surface area contributed by atoms with Gasteiger partial charge in [-0.3, -0.25) is 4.79 Å². The van der Waals surface area contributed by atoms with E-state index < -0.39 is 18.2 Å². The maximum atomic E-state index is 11.8. The number of unbranched alkanes of at least 4 members (excludes halogenated alkanes) is 2. The molecular weight excluding hydrogens is 382 g/mol. The van der Waals surface area contributed by atoms with E-state index in [-0.39, 0.29) is 17.5 Å². The van der Waals surface area contributed by atoms with Crippen LogP contribution < -0.4 is 10.1 Å². The van der Waals surface area contributed by atoms with Crippen molar-refractivity contribution >= 4 is 11.9 Å². The number of carbonyl (C=O) groups excluding carboxylic acids is 1. The number of hydrogen-bond donors (Lipinski definition) is 3. The van der Waals surface area contributed by atoms with E-state index in [9.17, 15) is 14.7 Å². The van der Waals surface area contributed by atoms with Gasteiger partial charge in [0, 0.05) is 6.42 Å². The third kappa shape index (κ3) is 5.60. The number of amides is 1. The number of carboxylic acid groups (broad SMARTS) is 1. The molecule has 1 amide bonds. The fourth-order valence-electron chi connectivity index (χ4n) is 3.73. The summed E-state index contributed by atoms with van der Waals surface area (Å²) in [5, 5.41) is 22.4. The first-order chi connectivity index (χ1) is 14.5. The highest BCUT2D eigenvalue weighted by Crippen LogP contribution is 2.31. The van der Waals surface area contributed by atoms with Gasteiger partial charge >= 0.3 is 5.97 Å². The zero-order chi connectivity index (χ0) is 21.5. The maximum Gasteiger partial charge on any atom is 0.335 e. The van der Waals surface area contributed by atoms with E-state index in [0.717, 1.165) is 36.8 Å². The molecule has 1 fully saturated rings. The Balaban J connectivity index is 1.76. The van der Waals surface area contributed by atoms with E-state index >= 15 is 0 Å². The summed E-state index contributed by atoms with van der Waals surface area (Å²) in [5.74, 6) is -0.457. The lowest BCUT2D eigenvalue weighted by Crippen LogP contribution is -2.34. The van der Waals surface area contributed by atoms with Gasteiger partial charge in [-0.2, -0.15) is 0 Å². The fraction of sp³-hybridized carbons (Fsp3) is 0.417. The molecule has 3 atom stereocenters. The summed E-state index contributed by atoms with van der Waals surface area (Å²) in [6.07, 6.45) is 4.18. The van der Waals surface area contributed by atoms with E-state index in [0.29, 0.717) is 18.6 Å². The van der Waals surface area contributed by atoms with Crippen molar-refractivity contribution in [2.75, 3.05) is 0 Å². The summed E-state index contributed by atoms with van der Waals surface area (Å²) in [5.41, 5.74) is 1.96. The summed E-state index contributed by atoms with van der Waals surface area (Å²) in [4.78, 5) is 22.8. The molecule has 6 nitrogen and oxygen atoms in total. The minimum Gasteiger partial charge on any atom is -0.484 e. The number of carbonyl (C=O) groups is 2. The second-order valence-electron chi connectivity index (χ2n) is 7.76. The Morgan fingerprint density at radius 3 is 2.33 bits per heavy atom. The van der Waals surface area contributed by atoms with Crippen LogP contribution >= 0.6 is 0 Å². The third-order valence-electron chi connectivity index (χ3n) is 5.49. The van der Waals surface area contributed by atoms with Crippen molar-refractivity contribution < 1.29 is 24.5 Å². The highest BCUT2D eigenvalue weighted by molar-refractivity contribution is 5.87. The average molecular weight is 411 g/mol. The second kappa shape index (κ2) is 10.3. The van der Waals surface area contributed by atoms with Crippen LogP contribution in [0.15, 0.2) is 48.5 Å². The molecule has 3 rings (SSSR count). The standard InChI is InChI=1S/C24H29NO5/c1-2-3-4-5-21(26)16-6-8-17(9-7-16)23(20-14-15-22(27)25-20)30-19-12-10-18(11-13-19)24(28)29/h6-13,20-21,23,26H,2-5,14-15H2,1H3,(H,25,27)(H,28,29)/t20?,21?,23-/m0/s1. The molecule has 0 spiro atoms. The number of aliphatic hydroxyl groups is 1. The average Bonchev–Trinajstić information content (AvgIpc) is 3.18. The van der Waals surface area contributed by atoms with Crippen LogP contribution in [0.25, 0.3) is 0 Å². The molecule has 1 aliphatic rings. The minimum atomic E-state index is -0.991. The summed E-state index contributed by atoms with van der Waals surface area (Å²) in [6, 6.07) is 13.8. The lowest BCUT2D eigenvalue weighted by atomic mass is 9.97. The van der Waals surface area contributed by atoms with Crippen LogP contribution in [-0.2, 0) is 4.79 Å². The summed E-state index contributed by atoms with van der Waals surface area (Å²) >= 11 is 0. The van der Waals surface area contributed by atoms with Gasteiger partial charge in [-0.15, -0.1) is 0 Å². The smallest absolute Gasteiger partial charge is 0.335 e. The van der Waals surface area contributed by atoms with Crippen LogP contribution in [0.1, 0.15) is 79.1 Å². The molecule has 0 bridgehead atoms. The summed E-state index contributed by atoms with van der Waals surface area (Å²) in [7, 11) is 0. The van der Waals surface area contributed by atoms with Gasteiger partial charge < -0.3 is 20.3 Å². The SMILES string of the molecule is CCCCCC(O)c1ccc([C@H](Oc2ccc(C(=O)O)cc2)C2CCC(=O)N2)cc1. The van der Waals surface area contributed by atoms with Gasteiger partial charge in [0.2, 0.25) is 5.91 Å². The molecule has 1 heterocycles. The molecule has 0 saturated carbocycles. The van der Waals surface area contributed by atoms with Crippen molar-refractivity contribution in [3.63, 3.8) is 0 Å². The van der Waals surface area contributed by atoms with Crippen molar-refractivity contribution in [3.05, 3.63) is 65.2 Å². The van der Waals surface area contributed by atoms with E-state index in [2.05, 4.69) is 12.2 Å². The number of nitrogens with one attached hydrogen (secondary N) is 1. The molecule has 1 saturated heterocycles. The topological polar surface area (TPSA) is 95.9 Å². The number of benzene rings is 2. The number of ether oxygens (including phenoxy) is 1. The van der Waals surface area contributed by atoms with Crippen molar-refractivity contribution in [1.82, 2.24) is 5.32 Å². The van der Waals surface area contributed by atoms with E-state index in [1.54, 1.807) is 12.1 Å². The Bertz CT molecular complexity index is 847. The number of carboxylic acids is 1. The molecular formula is C24H29NO5. The highest BCUT2D eigenvalue weighted by atomic mass is 16.5. The Kier molecular flexibility index (Phi) is 7.46. The first kappa shape index (κ1) is 21.8. The first-order valence-corrected chi connectivity index (χ1v) is 10.5. The molecule has 30 heavy (non-hydrogen) atoms. The molecule has 1 aliphatic heterocycles. The lowest BCUT2D eigenvalue weighted by Gasteiger charge is -2.26. The van der Waals surface area contributed by atoms with Gasteiger partial charge in [-0.1, -0.05) is 50.5 Å². The van der Waals surface area contributed by atoms with E-state index in [4.69, 9.17) is 9.84 Å². The zero-order valence-electron chi connectivity index (χ0n) is 17.2. The molecule has 0 aliphatic carbocycles. The van der Waals surface area contributed by atoms with E-state index in [1.165, 1.54) is 12.1 Å². The largest absolute Gasteiger partial charge is 0.484 e. The number of hydrogen-bond acceptors (Lipinski definition) is 4. The van der Waals surface area contributed by atoms with Crippen LogP contribution in [0.2, 0.25) is 0 Å². The van der Waals surface area contributed by atoms with Crippen LogP contribution in [0.5, 0.6) is 5.75 Å². The van der Waals surface area contributed by atoms with Crippen LogP contribution in [0.4, 0.5) is 0 Å².